The van der Waals surface area contributed by atoms with Crippen LogP contribution in [0.15, 0.2) is 18.2 Å². The molecule has 1 heterocycles. The van der Waals surface area contributed by atoms with E-state index in [2.05, 4.69) is 0 Å². The molecule has 0 radical (unpaired) electrons. The molecule has 1 N–H and O–H groups in total. The van der Waals surface area contributed by atoms with Crippen LogP contribution in [0.4, 0.5) is 5.69 Å². The van der Waals surface area contributed by atoms with E-state index >= 15 is 0 Å². The van der Waals surface area contributed by atoms with Crippen molar-refractivity contribution in [2.45, 2.75) is 19.3 Å². The maximum Gasteiger partial charge on any atom is 0.335 e. The number of hydrogen-bond acceptors (Lipinski definition) is 2. The molecule has 2 aliphatic rings. The molecular weight excluding hydrogens is 218 g/mol. The third kappa shape index (κ3) is 1.69. The van der Waals surface area contributed by atoms with Crippen molar-refractivity contribution in [3.8, 4) is 0 Å². The number of nitrogens with zero attached hydrogens (tertiary/aromatic N) is 1. The van der Waals surface area contributed by atoms with Gasteiger partial charge in [0.2, 0.25) is 5.91 Å². The lowest BCUT2D eigenvalue weighted by Crippen LogP contribution is -2.30. The van der Waals surface area contributed by atoms with Gasteiger partial charge < -0.3 is 10.0 Å². The van der Waals surface area contributed by atoms with Gasteiger partial charge in [-0.25, -0.2) is 4.79 Å². The molecule has 3 rings (SSSR count). The van der Waals surface area contributed by atoms with Crippen molar-refractivity contribution in [3.05, 3.63) is 29.3 Å². The monoisotopic (exact) mass is 231 g/mol. The molecule has 4 heteroatoms. The summed E-state index contributed by atoms with van der Waals surface area (Å²) >= 11 is 0. The fraction of sp³-hybridized carbons (Fsp3) is 0.385. The predicted octanol–water partition coefficient (Wildman–Crippen LogP) is 1.68. The Bertz CT molecular complexity index is 505. The third-order valence-corrected chi connectivity index (χ3v) is 3.42. The Morgan fingerprint density at radius 2 is 2.06 bits per heavy atom. The number of anilines is 1. The van der Waals surface area contributed by atoms with Crippen LogP contribution in [0.25, 0.3) is 0 Å². The number of aromatic carboxylic acids is 1. The molecule has 0 bridgehead atoms. The molecule has 1 aliphatic heterocycles. The highest BCUT2D eigenvalue weighted by Gasteiger charge is 2.36. The minimum absolute atomic E-state index is 0.159. The van der Waals surface area contributed by atoms with Gasteiger partial charge in [0.1, 0.15) is 0 Å². The van der Waals surface area contributed by atoms with Gasteiger partial charge in [-0.3, -0.25) is 4.79 Å². The van der Waals surface area contributed by atoms with Crippen LogP contribution in [0.5, 0.6) is 0 Å². The van der Waals surface area contributed by atoms with E-state index in [0.717, 1.165) is 30.5 Å². The van der Waals surface area contributed by atoms with E-state index in [-0.39, 0.29) is 17.4 Å². The molecule has 88 valence electrons. The molecule has 4 nitrogen and oxygen atoms in total. The molecule has 0 saturated heterocycles. The Hall–Kier alpha value is -1.84. The molecule has 1 aliphatic carbocycles. The molecule has 0 aromatic heterocycles. The van der Waals surface area contributed by atoms with E-state index in [4.69, 9.17) is 5.11 Å². The number of rotatable bonds is 2. The van der Waals surface area contributed by atoms with Gasteiger partial charge in [-0.2, -0.15) is 0 Å². The van der Waals surface area contributed by atoms with E-state index in [1.165, 1.54) is 0 Å². The zero-order chi connectivity index (χ0) is 12.0. The molecule has 0 unspecified atom stereocenters. The Balaban J connectivity index is 1.96. The molecule has 1 aromatic rings. The Labute approximate surface area is 98.9 Å². The quantitative estimate of drug-likeness (QED) is 0.842. The van der Waals surface area contributed by atoms with Crippen LogP contribution < -0.4 is 4.90 Å². The first-order valence-corrected chi connectivity index (χ1v) is 5.84. The topological polar surface area (TPSA) is 57.6 Å². The second-order valence-electron chi connectivity index (χ2n) is 4.66. The van der Waals surface area contributed by atoms with Crippen molar-refractivity contribution in [1.29, 1.82) is 0 Å². The normalized spacial score (nSPS) is 18.0. The smallest absolute Gasteiger partial charge is 0.335 e. The summed E-state index contributed by atoms with van der Waals surface area (Å²) < 4.78 is 0. The van der Waals surface area contributed by atoms with Gasteiger partial charge >= 0.3 is 5.97 Å². The van der Waals surface area contributed by atoms with Crippen LogP contribution in [0.1, 0.15) is 28.8 Å². The van der Waals surface area contributed by atoms with Crippen LogP contribution in [-0.4, -0.2) is 23.5 Å². The maximum atomic E-state index is 12.0. The highest BCUT2D eigenvalue weighted by molar-refractivity contribution is 5.99. The number of carbonyl (C=O) groups excluding carboxylic acids is 1. The summed E-state index contributed by atoms with van der Waals surface area (Å²) in [7, 11) is 0. The van der Waals surface area contributed by atoms with E-state index < -0.39 is 5.97 Å². The van der Waals surface area contributed by atoms with Crippen LogP contribution in [0, 0.1) is 5.92 Å². The molecule has 17 heavy (non-hydrogen) atoms. The average Bonchev–Trinajstić information content (AvgIpc) is 3.07. The summed E-state index contributed by atoms with van der Waals surface area (Å²) in [5.74, 6) is -0.612. The number of carbonyl (C=O) groups is 2. The SMILES string of the molecule is O=C(O)c1ccc2c(c1)N(C(=O)C1CC1)CC2. The lowest BCUT2D eigenvalue weighted by Gasteiger charge is -2.17. The van der Waals surface area contributed by atoms with E-state index in [9.17, 15) is 9.59 Å². The van der Waals surface area contributed by atoms with E-state index in [0.29, 0.717) is 6.54 Å². The molecule has 1 amide bonds. The third-order valence-electron chi connectivity index (χ3n) is 3.42. The summed E-state index contributed by atoms with van der Waals surface area (Å²) in [5.41, 5.74) is 2.12. The first kappa shape index (κ1) is 10.3. The maximum absolute atomic E-state index is 12.0. The summed E-state index contributed by atoms with van der Waals surface area (Å²) in [5, 5.41) is 8.96. The number of fused-ring (bicyclic) bond motifs is 1. The van der Waals surface area contributed by atoms with Crippen LogP contribution in [-0.2, 0) is 11.2 Å². The lowest BCUT2D eigenvalue weighted by molar-refractivity contribution is -0.119. The van der Waals surface area contributed by atoms with Crippen molar-refractivity contribution in [2.24, 2.45) is 5.92 Å². The highest BCUT2D eigenvalue weighted by atomic mass is 16.4. The average molecular weight is 231 g/mol. The van der Waals surface area contributed by atoms with Crippen LogP contribution in [0.2, 0.25) is 0 Å². The minimum atomic E-state index is -0.946. The number of carboxylic acid groups (broad SMARTS) is 1. The predicted molar refractivity (Wildman–Crippen MR) is 62.2 cm³/mol. The van der Waals surface area contributed by atoms with Crippen LogP contribution >= 0.6 is 0 Å². The summed E-state index contributed by atoms with van der Waals surface area (Å²) in [6, 6.07) is 5.04. The van der Waals surface area contributed by atoms with Crippen LogP contribution in [0.3, 0.4) is 0 Å². The minimum Gasteiger partial charge on any atom is -0.478 e. The van der Waals surface area contributed by atoms with E-state index in [1.807, 2.05) is 6.07 Å². The van der Waals surface area contributed by atoms with Gasteiger partial charge in [-0.05, 0) is 37.0 Å². The number of hydrogen-bond donors (Lipinski definition) is 1. The lowest BCUT2D eigenvalue weighted by atomic mass is 10.1. The first-order chi connectivity index (χ1) is 8.16. The summed E-state index contributed by atoms with van der Waals surface area (Å²) in [4.78, 5) is 24.7. The molecule has 0 atom stereocenters. The second-order valence-corrected chi connectivity index (χ2v) is 4.66. The molecule has 0 spiro atoms. The van der Waals surface area contributed by atoms with Crippen molar-refractivity contribution in [3.63, 3.8) is 0 Å². The first-order valence-electron chi connectivity index (χ1n) is 5.84. The Kier molecular flexibility index (Phi) is 2.18. The number of benzene rings is 1. The van der Waals surface area contributed by atoms with Crippen molar-refractivity contribution in [2.75, 3.05) is 11.4 Å². The highest BCUT2D eigenvalue weighted by Crippen LogP contribution is 2.36. The standard InChI is InChI=1S/C13H13NO3/c15-12(9-2-3-9)14-6-5-8-1-4-10(13(16)17)7-11(8)14/h1,4,7,9H,2-3,5-6H2,(H,16,17). The van der Waals surface area contributed by atoms with Gasteiger partial charge in [0.15, 0.2) is 0 Å². The number of amides is 1. The zero-order valence-corrected chi connectivity index (χ0v) is 9.35. The van der Waals surface area contributed by atoms with Gasteiger partial charge in [0.05, 0.1) is 5.56 Å². The summed E-state index contributed by atoms with van der Waals surface area (Å²) in [6.07, 6.45) is 2.78. The Morgan fingerprint density at radius 3 is 2.71 bits per heavy atom. The molecule has 1 fully saturated rings. The van der Waals surface area contributed by atoms with Crippen molar-refractivity contribution in [1.82, 2.24) is 0 Å². The van der Waals surface area contributed by atoms with Crippen molar-refractivity contribution >= 4 is 17.6 Å². The van der Waals surface area contributed by atoms with Gasteiger partial charge in [0, 0.05) is 18.2 Å². The van der Waals surface area contributed by atoms with Gasteiger partial charge in [0.25, 0.3) is 0 Å². The molecule has 1 saturated carbocycles. The summed E-state index contributed by atoms with van der Waals surface area (Å²) in [6.45, 7) is 0.688. The largest absolute Gasteiger partial charge is 0.478 e. The van der Waals surface area contributed by atoms with Gasteiger partial charge in [-0.15, -0.1) is 0 Å². The molecule has 1 aromatic carbocycles. The zero-order valence-electron chi connectivity index (χ0n) is 9.35. The molecular formula is C13H13NO3. The Morgan fingerprint density at radius 1 is 1.29 bits per heavy atom. The fourth-order valence-corrected chi connectivity index (χ4v) is 2.29. The second kappa shape index (κ2) is 3.58. The van der Waals surface area contributed by atoms with Gasteiger partial charge in [-0.1, -0.05) is 6.07 Å². The fourth-order valence-electron chi connectivity index (χ4n) is 2.29. The van der Waals surface area contributed by atoms with Crippen molar-refractivity contribution < 1.29 is 14.7 Å². The van der Waals surface area contributed by atoms with E-state index in [1.54, 1.807) is 17.0 Å². The number of carboxylic acids is 1.